The predicted octanol–water partition coefficient (Wildman–Crippen LogP) is 4.52. The number of hydrogen-bond acceptors (Lipinski definition) is 7. The van der Waals surface area contributed by atoms with Gasteiger partial charge in [0.05, 0.1) is 34.1 Å². The molecule has 2 aliphatic heterocycles. The van der Waals surface area contributed by atoms with E-state index in [4.69, 9.17) is 4.98 Å². The summed E-state index contributed by atoms with van der Waals surface area (Å²) < 4.78 is 19.7. The van der Waals surface area contributed by atoms with Gasteiger partial charge in [-0.3, -0.25) is 23.7 Å². The Morgan fingerprint density at radius 3 is 2.62 bits per heavy atom. The van der Waals surface area contributed by atoms with Crippen molar-refractivity contribution in [1.29, 1.82) is 0 Å². The first-order chi connectivity index (χ1) is 22.4. The Hall–Kier alpha value is -5.26. The molecule has 2 atom stereocenters. The van der Waals surface area contributed by atoms with Crippen molar-refractivity contribution in [1.82, 2.24) is 29.0 Å². The molecule has 47 heavy (non-hydrogen) atoms. The summed E-state index contributed by atoms with van der Waals surface area (Å²) in [6.45, 7) is 14.7. The molecule has 0 saturated carbocycles. The summed E-state index contributed by atoms with van der Waals surface area (Å²) in [6, 6.07) is 6.57. The van der Waals surface area contributed by atoms with Crippen LogP contribution in [0, 0.1) is 19.7 Å². The molecular weight excluding hydrogens is 599 g/mol. The maximum absolute atomic E-state index is 16.7. The SMILES string of the molecule is C=CC(=O)N1CC2CNc3c(c4cc(F)c(-c5c(C)ccc6[nH]c(=O)n(C)c56)nc4n(-c4c(C)ccnc4C(C)C)c3=O)N2CC1C. The van der Waals surface area contributed by atoms with Gasteiger partial charge in [0.15, 0.2) is 5.65 Å². The number of H-pyrrole nitrogens is 1. The minimum absolute atomic E-state index is 0.0261. The Balaban J connectivity index is 1.59. The summed E-state index contributed by atoms with van der Waals surface area (Å²) in [5.74, 6) is -0.767. The van der Waals surface area contributed by atoms with Gasteiger partial charge < -0.3 is 20.1 Å². The summed E-state index contributed by atoms with van der Waals surface area (Å²) in [7, 11) is 1.63. The van der Waals surface area contributed by atoms with Gasteiger partial charge in [0.2, 0.25) is 5.91 Å². The third kappa shape index (κ3) is 4.49. The number of anilines is 2. The van der Waals surface area contributed by atoms with Crippen molar-refractivity contribution in [2.45, 2.75) is 52.6 Å². The van der Waals surface area contributed by atoms with Crippen molar-refractivity contribution in [2.24, 2.45) is 7.05 Å². The third-order valence-electron chi connectivity index (χ3n) is 9.61. The minimum Gasteiger partial charge on any atom is -0.377 e. The largest absolute Gasteiger partial charge is 0.377 e. The zero-order valence-electron chi connectivity index (χ0n) is 27.3. The number of amides is 1. The highest BCUT2D eigenvalue weighted by molar-refractivity contribution is 6.01. The fraction of sp³-hybridized carbons (Fsp3) is 0.343. The maximum Gasteiger partial charge on any atom is 0.326 e. The molecule has 0 bridgehead atoms. The molecule has 1 fully saturated rings. The van der Waals surface area contributed by atoms with E-state index in [0.29, 0.717) is 64.4 Å². The van der Waals surface area contributed by atoms with Crippen LogP contribution in [-0.4, -0.2) is 66.6 Å². The average Bonchev–Trinajstić information content (AvgIpc) is 3.33. The summed E-state index contributed by atoms with van der Waals surface area (Å²) in [5, 5.41) is 3.81. The number of fused-ring (bicyclic) bond motifs is 6. The van der Waals surface area contributed by atoms with Crippen molar-refractivity contribution < 1.29 is 9.18 Å². The van der Waals surface area contributed by atoms with E-state index in [1.54, 1.807) is 28.8 Å². The molecule has 5 aromatic rings. The number of carbonyl (C=O) groups excluding carboxylic acids is 1. The molecule has 0 aliphatic carbocycles. The number of halogens is 1. The van der Waals surface area contributed by atoms with Crippen LogP contribution < -0.4 is 21.5 Å². The predicted molar refractivity (Wildman–Crippen MR) is 182 cm³/mol. The molecule has 0 radical (unpaired) electrons. The number of nitrogens with one attached hydrogen (secondary N) is 2. The van der Waals surface area contributed by atoms with Gasteiger partial charge in [0, 0.05) is 49.9 Å². The van der Waals surface area contributed by atoms with Crippen LogP contribution in [0.3, 0.4) is 0 Å². The number of hydrogen-bond donors (Lipinski definition) is 2. The Morgan fingerprint density at radius 2 is 1.89 bits per heavy atom. The van der Waals surface area contributed by atoms with E-state index in [0.717, 1.165) is 11.1 Å². The molecule has 2 N–H and O–H groups in total. The highest BCUT2D eigenvalue weighted by atomic mass is 19.1. The summed E-state index contributed by atoms with van der Waals surface area (Å²) in [4.78, 5) is 56.5. The van der Waals surface area contributed by atoms with Gasteiger partial charge in [0.1, 0.15) is 17.2 Å². The number of aromatic amines is 1. The van der Waals surface area contributed by atoms with E-state index in [-0.39, 0.29) is 46.5 Å². The molecule has 6 heterocycles. The Bertz CT molecular complexity index is 2270. The molecule has 242 valence electrons. The van der Waals surface area contributed by atoms with Crippen molar-refractivity contribution in [2.75, 3.05) is 29.9 Å². The highest BCUT2D eigenvalue weighted by Gasteiger charge is 2.40. The second-order valence-electron chi connectivity index (χ2n) is 12.9. The first-order valence-electron chi connectivity index (χ1n) is 15.8. The number of rotatable bonds is 4. The molecule has 2 aliphatic rings. The molecule has 1 aromatic carbocycles. The van der Waals surface area contributed by atoms with Crippen LogP contribution in [0.2, 0.25) is 0 Å². The fourth-order valence-corrected chi connectivity index (χ4v) is 7.26. The van der Waals surface area contributed by atoms with Crippen LogP contribution in [-0.2, 0) is 11.8 Å². The molecule has 7 rings (SSSR count). The topological polar surface area (TPSA) is 121 Å². The van der Waals surface area contributed by atoms with Gasteiger partial charge in [-0.2, -0.15) is 0 Å². The Morgan fingerprint density at radius 1 is 1.13 bits per heavy atom. The first-order valence-corrected chi connectivity index (χ1v) is 15.8. The van der Waals surface area contributed by atoms with Gasteiger partial charge >= 0.3 is 5.69 Å². The van der Waals surface area contributed by atoms with E-state index >= 15 is 4.39 Å². The van der Waals surface area contributed by atoms with Crippen molar-refractivity contribution in [3.05, 3.63) is 86.6 Å². The molecule has 4 aromatic heterocycles. The molecule has 2 unspecified atom stereocenters. The van der Waals surface area contributed by atoms with Crippen molar-refractivity contribution in [3.8, 4) is 16.9 Å². The van der Waals surface area contributed by atoms with Crippen LogP contribution in [0.1, 0.15) is 43.5 Å². The van der Waals surface area contributed by atoms with Crippen LogP contribution in [0.4, 0.5) is 15.8 Å². The lowest BCUT2D eigenvalue weighted by Gasteiger charge is -2.49. The van der Waals surface area contributed by atoms with E-state index in [1.165, 1.54) is 16.7 Å². The standard InChI is InChI=1S/C35H37FN8O3/c1-8-25(45)42-16-21-14-38-29-31(43(21)15-20(42)6)22-13-23(36)28(26-18(4)9-10-24-32(26)41(7)35(47)39-24)40-33(22)44(34(29)46)30-19(5)11-12-37-27(30)17(2)3/h8-13,17,20-21,38H,1,14-16H2,2-7H3,(H,39,47). The lowest BCUT2D eigenvalue weighted by molar-refractivity contribution is -0.128. The van der Waals surface area contributed by atoms with Crippen molar-refractivity contribution in [3.63, 3.8) is 0 Å². The number of carbonyl (C=O) groups is 1. The normalized spacial score (nSPS) is 17.6. The third-order valence-corrected chi connectivity index (χ3v) is 9.61. The van der Waals surface area contributed by atoms with E-state index < -0.39 is 5.82 Å². The van der Waals surface area contributed by atoms with Gasteiger partial charge in [-0.05, 0) is 62.1 Å². The van der Waals surface area contributed by atoms with Crippen LogP contribution in [0.25, 0.3) is 39.0 Å². The molecule has 12 heteroatoms. The smallest absolute Gasteiger partial charge is 0.326 e. The Kier molecular flexibility index (Phi) is 7.07. The van der Waals surface area contributed by atoms with Crippen molar-refractivity contribution >= 4 is 39.3 Å². The van der Waals surface area contributed by atoms with Gasteiger partial charge in [0.25, 0.3) is 5.56 Å². The molecule has 0 spiro atoms. The summed E-state index contributed by atoms with van der Waals surface area (Å²) in [5.41, 5.74) is 4.98. The number of nitrogens with zero attached hydrogens (tertiary/aromatic N) is 6. The number of pyridine rings is 3. The van der Waals surface area contributed by atoms with Crippen LogP contribution in [0.5, 0.6) is 0 Å². The van der Waals surface area contributed by atoms with Crippen LogP contribution >= 0.6 is 0 Å². The Labute approximate surface area is 270 Å². The zero-order chi connectivity index (χ0) is 33.5. The number of imidazole rings is 1. The second-order valence-corrected chi connectivity index (χ2v) is 12.9. The monoisotopic (exact) mass is 636 g/mol. The van der Waals surface area contributed by atoms with E-state index in [2.05, 4.69) is 26.8 Å². The van der Waals surface area contributed by atoms with E-state index in [1.807, 2.05) is 46.8 Å². The first kappa shape index (κ1) is 30.4. The second kappa shape index (κ2) is 10.9. The molecule has 1 saturated heterocycles. The number of aromatic nitrogens is 5. The minimum atomic E-state index is -0.586. The molecule has 1 amide bonds. The lowest BCUT2D eigenvalue weighted by Crippen LogP contribution is -2.62. The summed E-state index contributed by atoms with van der Waals surface area (Å²) >= 11 is 0. The van der Waals surface area contributed by atoms with E-state index in [9.17, 15) is 14.4 Å². The molecular formula is C35H37FN8O3. The van der Waals surface area contributed by atoms with Gasteiger partial charge in [-0.25, -0.2) is 14.2 Å². The zero-order valence-corrected chi connectivity index (χ0v) is 27.3. The fourth-order valence-electron chi connectivity index (χ4n) is 7.26. The number of benzene rings is 1. The molecule has 11 nitrogen and oxygen atoms in total. The summed E-state index contributed by atoms with van der Waals surface area (Å²) in [6.07, 6.45) is 3.04. The quantitative estimate of drug-likeness (QED) is 0.278. The number of piperazine rings is 1. The van der Waals surface area contributed by atoms with Gasteiger partial charge in [-0.1, -0.05) is 26.5 Å². The average molecular weight is 637 g/mol. The van der Waals surface area contributed by atoms with Crippen LogP contribution in [0.15, 0.2) is 52.7 Å². The number of aryl methyl sites for hydroxylation is 3. The van der Waals surface area contributed by atoms with Gasteiger partial charge in [-0.15, -0.1) is 0 Å². The maximum atomic E-state index is 16.7. The lowest BCUT2D eigenvalue weighted by atomic mass is 9.98. The highest BCUT2D eigenvalue weighted by Crippen LogP contribution is 2.42.